The van der Waals surface area contributed by atoms with Crippen molar-refractivity contribution in [1.29, 1.82) is 0 Å². The van der Waals surface area contributed by atoms with Crippen molar-refractivity contribution in [3.63, 3.8) is 0 Å². The van der Waals surface area contributed by atoms with Gasteiger partial charge in [-0.2, -0.15) is 0 Å². The molecule has 0 aromatic heterocycles. The molecule has 0 saturated carbocycles. The molecule has 0 aliphatic carbocycles. The van der Waals surface area contributed by atoms with Crippen LogP contribution in [-0.4, -0.2) is 55.4 Å². The Morgan fingerprint density at radius 1 is 0.862 bits per heavy atom. The fraction of sp³-hybridized carbons (Fsp3) is 0.227. The predicted octanol–water partition coefficient (Wildman–Crippen LogP) is 2.18. The predicted molar refractivity (Wildman–Crippen MR) is 105 cm³/mol. The lowest BCUT2D eigenvalue weighted by Gasteiger charge is -2.12. The quantitative estimate of drug-likeness (QED) is 0.268. The lowest BCUT2D eigenvalue weighted by molar-refractivity contribution is -0.139. The van der Waals surface area contributed by atoms with E-state index in [0.717, 1.165) is 6.08 Å². The lowest BCUT2D eigenvalue weighted by Crippen LogP contribution is -2.24. The zero-order valence-corrected chi connectivity index (χ0v) is 15.8. The van der Waals surface area contributed by atoms with Crippen molar-refractivity contribution in [2.75, 3.05) is 26.4 Å². The molecular formula is C22H22O7. The standard InChI is InChI=1S/C22H22O7/c1-2-20(24)28-13-12-27-14-19(23)15-29-22(26)18-10-8-17(9-11-18)21(25)16-6-4-3-5-7-16/h2-11,19,23H,1,12-15H2. The number of hydrogen-bond donors (Lipinski definition) is 1. The van der Waals surface area contributed by atoms with E-state index >= 15 is 0 Å². The van der Waals surface area contributed by atoms with Crippen LogP contribution in [0.5, 0.6) is 0 Å². The highest BCUT2D eigenvalue weighted by atomic mass is 16.6. The molecule has 2 aromatic carbocycles. The normalized spacial score (nSPS) is 11.3. The molecule has 0 saturated heterocycles. The molecule has 7 nitrogen and oxygen atoms in total. The molecule has 152 valence electrons. The van der Waals surface area contributed by atoms with Crippen molar-refractivity contribution >= 4 is 17.7 Å². The Morgan fingerprint density at radius 2 is 1.48 bits per heavy atom. The fourth-order valence-electron chi connectivity index (χ4n) is 2.30. The molecule has 0 fully saturated rings. The van der Waals surface area contributed by atoms with Gasteiger partial charge in [-0.15, -0.1) is 0 Å². The second-order valence-corrected chi connectivity index (χ2v) is 5.97. The van der Waals surface area contributed by atoms with E-state index in [0.29, 0.717) is 11.1 Å². The van der Waals surface area contributed by atoms with E-state index in [2.05, 4.69) is 6.58 Å². The average Bonchev–Trinajstić information content (AvgIpc) is 2.77. The number of benzene rings is 2. The number of esters is 2. The van der Waals surface area contributed by atoms with Crippen molar-refractivity contribution in [3.8, 4) is 0 Å². The Bertz CT molecular complexity index is 828. The monoisotopic (exact) mass is 398 g/mol. The van der Waals surface area contributed by atoms with E-state index < -0.39 is 18.0 Å². The summed E-state index contributed by atoms with van der Waals surface area (Å²) < 4.78 is 14.9. The fourth-order valence-corrected chi connectivity index (χ4v) is 2.30. The minimum Gasteiger partial charge on any atom is -0.460 e. The number of aliphatic hydroxyl groups is 1. The Morgan fingerprint density at radius 3 is 2.14 bits per heavy atom. The molecule has 0 amide bonds. The molecule has 0 heterocycles. The van der Waals surface area contributed by atoms with Gasteiger partial charge in [-0.25, -0.2) is 9.59 Å². The average molecular weight is 398 g/mol. The van der Waals surface area contributed by atoms with Gasteiger partial charge in [0.25, 0.3) is 0 Å². The van der Waals surface area contributed by atoms with Crippen LogP contribution in [0.1, 0.15) is 26.3 Å². The molecule has 0 aliphatic heterocycles. The Kier molecular flexibility index (Phi) is 8.75. The van der Waals surface area contributed by atoms with Crippen molar-refractivity contribution in [2.24, 2.45) is 0 Å². The van der Waals surface area contributed by atoms with Crippen molar-refractivity contribution in [3.05, 3.63) is 83.9 Å². The summed E-state index contributed by atoms with van der Waals surface area (Å²) in [5, 5.41) is 9.77. The zero-order valence-electron chi connectivity index (χ0n) is 15.8. The summed E-state index contributed by atoms with van der Waals surface area (Å²) in [7, 11) is 0. The van der Waals surface area contributed by atoms with E-state index in [1.165, 1.54) is 12.1 Å². The third-order valence-electron chi connectivity index (χ3n) is 3.77. The Balaban J connectivity index is 1.74. The van der Waals surface area contributed by atoms with Crippen LogP contribution in [0.4, 0.5) is 0 Å². The van der Waals surface area contributed by atoms with Crippen LogP contribution in [-0.2, 0) is 19.0 Å². The van der Waals surface area contributed by atoms with E-state index in [-0.39, 0.29) is 37.8 Å². The minimum absolute atomic E-state index is 0.0331. The molecular weight excluding hydrogens is 376 g/mol. The summed E-state index contributed by atoms with van der Waals surface area (Å²) in [6.45, 7) is 3.06. The molecule has 1 atom stereocenters. The second kappa shape index (κ2) is 11.5. The number of ether oxygens (including phenoxy) is 3. The largest absolute Gasteiger partial charge is 0.460 e. The topological polar surface area (TPSA) is 99.1 Å². The highest BCUT2D eigenvalue weighted by Gasteiger charge is 2.13. The molecule has 7 heteroatoms. The van der Waals surface area contributed by atoms with Gasteiger partial charge in [0.15, 0.2) is 5.78 Å². The molecule has 0 spiro atoms. The SMILES string of the molecule is C=CC(=O)OCCOCC(O)COC(=O)c1ccc(C(=O)c2ccccc2)cc1. The third kappa shape index (κ3) is 7.33. The second-order valence-electron chi connectivity index (χ2n) is 5.97. The Labute approximate surface area is 168 Å². The number of hydrogen-bond acceptors (Lipinski definition) is 7. The van der Waals surface area contributed by atoms with Crippen LogP contribution in [0.25, 0.3) is 0 Å². The molecule has 2 aromatic rings. The number of aliphatic hydroxyl groups excluding tert-OH is 1. The highest BCUT2D eigenvalue weighted by molar-refractivity contribution is 6.09. The first kappa shape index (κ1) is 22.0. The maximum Gasteiger partial charge on any atom is 0.338 e. The first-order valence-corrected chi connectivity index (χ1v) is 8.93. The Hall–Kier alpha value is -3.29. The van der Waals surface area contributed by atoms with Crippen LogP contribution in [0, 0.1) is 0 Å². The number of carbonyl (C=O) groups is 3. The maximum atomic E-state index is 12.3. The van der Waals surface area contributed by atoms with Crippen molar-refractivity contribution < 1.29 is 33.7 Å². The molecule has 1 unspecified atom stereocenters. The van der Waals surface area contributed by atoms with Gasteiger partial charge in [-0.05, 0) is 12.1 Å². The summed E-state index contributed by atoms with van der Waals surface area (Å²) in [6.07, 6.45) is 0.0197. The van der Waals surface area contributed by atoms with Gasteiger partial charge < -0.3 is 19.3 Å². The summed E-state index contributed by atoms with van der Waals surface area (Å²) >= 11 is 0. The molecule has 0 radical (unpaired) electrons. The molecule has 1 N–H and O–H groups in total. The van der Waals surface area contributed by atoms with Crippen LogP contribution >= 0.6 is 0 Å². The number of carbonyl (C=O) groups excluding carboxylic acids is 3. The smallest absolute Gasteiger partial charge is 0.338 e. The first-order chi connectivity index (χ1) is 14.0. The summed E-state index contributed by atoms with van der Waals surface area (Å²) in [6, 6.07) is 14.9. The lowest BCUT2D eigenvalue weighted by atomic mass is 10.0. The number of ketones is 1. The zero-order chi connectivity index (χ0) is 21.1. The van der Waals surface area contributed by atoms with Crippen LogP contribution < -0.4 is 0 Å². The summed E-state index contributed by atoms with van der Waals surface area (Å²) in [5.41, 5.74) is 1.28. The van der Waals surface area contributed by atoms with Gasteiger partial charge in [0, 0.05) is 17.2 Å². The van der Waals surface area contributed by atoms with Crippen molar-refractivity contribution in [1.82, 2.24) is 0 Å². The van der Waals surface area contributed by atoms with Gasteiger partial charge in [-0.1, -0.05) is 49.0 Å². The van der Waals surface area contributed by atoms with Crippen molar-refractivity contribution in [2.45, 2.75) is 6.10 Å². The third-order valence-corrected chi connectivity index (χ3v) is 3.77. The first-order valence-electron chi connectivity index (χ1n) is 8.93. The van der Waals surface area contributed by atoms with Crippen LogP contribution in [0.15, 0.2) is 67.3 Å². The maximum absolute atomic E-state index is 12.3. The van der Waals surface area contributed by atoms with E-state index in [9.17, 15) is 19.5 Å². The van der Waals surface area contributed by atoms with E-state index in [1.54, 1.807) is 36.4 Å². The van der Waals surface area contributed by atoms with Crippen LogP contribution in [0.3, 0.4) is 0 Å². The molecule has 2 rings (SSSR count). The van der Waals surface area contributed by atoms with Gasteiger partial charge in [0.1, 0.15) is 19.3 Å². The van der Waals surface area contributed by atoms with Gasteiger partial charge >= 0.3 is 11.9 Å². The summed E-state index contributed by atoms with van der Waals surface area (Å²) in [5.74, 6) is -1.32. The molecule has 0 aliphatic rings. The summed E-state index contributed by atoms with van der Waals surface area (Å²) in [4.78, 5) is 35.2. The van der Waals surface area contributed by atoms with Gasteiger partial charge in [-0.3, -0.25) is 4.79 Å². The number of rotatable bonds is 11. The highest BCUT2D eigenvalue weighted by Crippen LogP contribution is 2.12. The molecule has 0 bridgehead atoms. The van der Waals surface area contributed by atoms with E-state index in [4.69, 9.17) is 14.2 Å². The van der Waals surface area contributed by atoms with E-state index in [1.807, 2.05) is 6.07 Å². The molecule has 29 heavy (non-hydrogen) atoms. The van der Waals surface area contributed by atoms with Gasteiger partial charge in [0.05, 0.1) is 18.8 Å². The van der Waals surface area contributed by atoms with Gasteiger partial charge in [0.2, 0.25) is 0 Å². The van der Waals surface area contributed by atoms with Crippen LogP contribution in [0.2, 0.25) is 0 Å². The minimum atomic E-state index is -1.02.